The molecule has 2 heterocycles. The number of amides is 1. The summed E-state index contributed by atoms with van der Waals surface area (Å²) in [6.07, 6.45) is 6.08. The van der Waals surface area contributed by atoms with Crippen molar-refractivity contribution < 1.29 is 13.2 Å². The predicted octanol–water partition coefficient (Wildman–Crippen LogP) is 6.32. The zero-order chi connectivity index (χ0) is 27.0. The summed E-state index contributed by atoms with van der Waals surface area (Å²) in [6.45, 7) is 0.296. The van der Waals surface area contributed by atoms with Crippen LogP contribution in [0.15, 0.2) is 100 Å². The van der Waals surface area contributed by atoms with E-state index in [9.17, 15) is 13.2 Å². The summed E-state index contributed by atoms with van der Waals surface area (Å²) >= 11 is 6.00. The number of hydrogen-bond donors (Lipinski definition) is 0. The van der Waals surface area contributed by atoms with Gasteiger partial charge in [0.2, 0.25) is 10.0 Å². The lowest BCUT2D eigenvalue weighted by Crippen LogP contribution is -2.46. The van der Waals surface area contributed by atoms with E-state index in [0.717, 1.165) is 41.7 Å². The highest BCUT2D eigenvalue weighted by molar-refractivity contribution is 7.89. The monoisotopic (exact) mass is 559 g/mol. The topological polar surface area (TPSA) is 70.1 Å². The second-order valence-electron chi connectivity index (χ2n) is 10.3. The number of sulfonamides is 1. The van der Waals surface area contributed by atoms with E-state index in [2.05, 4.69) is 18.2 Å². The van der Waals surface area contributed by atoms with Gasteiger partial charge in [-0.05, 0) is 79.1 Å². The summed E-state index contributed by atoms with van der Waals surface area (Å²) in [5, 5.41) is 7.04. The molecule has 200 valence electrons. The fourth-order valence-corrected chi connectivity index (χ4v) is 7.86. The highest BCUT2D eigenvalue weighted by Gasteiger charge is 2.48. The molecule has 3 atom stereocenters. The summed E-state index contributed by atoms with van der Waals surface area (Å²) in [7, 11) is -3.87. The second-order valence-corrected chi connectivity index (χ2v) is 12.7. The number of fused-ring (bicyclic) bond motifs is 1. The first kappa shape index (κ1) is 26.0. The van der Waals surface area contributed by atoms with Gasteiger partial charge in [-0.1, -0.05) is 72.3 Å². The van der Waals surface area contributed by atoms with Gasteiger partial charge in [-0.25, -0.2) is 13.4 Å². The molecule has 3 unspecified atom stereocenters. The van der Waals surface area contributed by atoms with Gasteiger partial charge >= 0.3 is 0 Å². The number of carbonyl (C=O) groups is 1. The molecule has 0 bridgehead atoms. The van der Waals surface area contributed by atoms with Gasteiger partial charge in [-0.2, -0.15) is 9.41 Å². The van der Waals surface area contributed by atoms with E-state index < -0.39 is 16.1 Å². The van der Waals surface area contributed by atoms with Crippen molar-refractivity contribution in [1.29, 1.82) is 0 Å². The van der Waals surface area contributed by atoms with Crippen molar-refractivity contribution in [2.24, 2.45) is 11.0 Å². The van der Waals surface area contributed by atoms with Crippen molar-refractivity contribution in [3.63, 3.8) is 0 Å². The Bertz CT molecular complexity index is 1520. The summed E-state index contributed by atoms with van der Waals surface area (Å²) in [5.41, 5.74) is 4.21. The van der Waals surface area contributed by atoms with Gasteiger partial charge in [0.05, 0.1) is 16.6 Å². The Morgan fingerprint density at radius 3 is 2.31 bits per heavy atom. The lowest BCUT2D eigenvalue weighted by atomic mass is 9.77. The highest BCUT2D eigenvalue weighted by atomic mass is 35.5. The van der Waals surface area contributed by atoms with Crippen molar-refractivity contribution in [3.8, 4) is 0 Å². The predicted molar refractivity (Wildman–Crippen MR) is 154 cm³/mol. The maximum absolute atomic E-state index is 14.3. The fraction of sp³-hybridized carbons (Fsp3) is 0.290. The first-order chi connectivity index (χ1) is 18.9. The Hall–Kier alpha value is -3.26. The van der Waals surface area contributed by atoms with Crippen LogP contribution in [0.5, 0.6) is 0 Å². The molecule has 39 heavy (non-hydrogen) atoms. The van der Waals surface area contributed by atoms with Crippen LogP contribution in [-0.2, 0) is 14.8 Å². The Balaban J connectivity index is 1.38. The number of nitrogens with zero attached hydrogens (tertiary/aromatic N) is 3. The molecular weight excluding hydrogens is 530 g/mol. The molecule has 3 aromatic carbocycles. The molecule has 6 nitrogen and oxygen atoms in total. The smallest absolute Gasteiger partial charge is 0.261 e. The van der Waals surface area contributed by atoms with Crippen molar-refractivity contribution in [2.75, 3.05) is 6.54 Å². The van der Waals surface area contributed by atoms with Crippen LogP contribution >= 0.6 is 11.6 Å². The van der Waals surface area contributed by atoms with Crippen LogP contribution in [-0.4, -0.2) is 41.9 Å². The first-order valence-electron chi connectivity index (χ1n) is 13.4. The summed E-state index contributed by atoms with van der Waals surface area (Å²) in [4.78, 5) is 14.4. The maximum atomic E-state index is 14.3. The minimum Gasteiger partial charge on any atom is -0.271 e. The van der Waals surface area contributed by atoms with Crippen LogP contribution in [0.4, 0.5) is 0 Å². The molecule has 2 fully saturated rings. The van der Waals surface area contributed by atoms with Crippen molar-refractivity contribution >= 4 is 39.3 Å². The largest absolute Gasteiger partial charge is 0.271 e. The molecule has 1 amide bonds. The van der Waals surface area contributed by atoms with Gasteiger partial charge in [0.15, 0.2) is 0 Å². The zero-order valence-electron chi connectivity index (χ0n) is 21.5. The Morgan fingerprint density at radius 2 is 1.59 bits per heavy atom. The quantitative estimate of drug-likeness (QED) is 0.367. The van der Waals surface area contributed by atoms with Gasteiger partial charge in [-0.3, -0.25) is 4.79 Å². The van der Waals surface area contributed by atoms with E-state index >= 15 is 0 Å². The molecule has 3 aliphatic rings. The number of hydrazone groups is 1. The minimum absolute atomic E-state index is 0.0581. The molecule has 0 spiro atoms. The Labute approximate surface area is 234 Å². The minimum atomic E-state index is -3.87. The third kappa shape index (κ3) is 4.95. The average Bonchev–Trinajstić information content (AvgIpc) is 3.61. The molecule has 0 N–H and O–H groups in total. The highest BCUT2D eigenvalue weighted by Crippen LogP contribution is 2.45. The number of benzene rings is 3. The lowest BCUT2D eigenvalue weighted by Gasteiger charge is -2.32. The van der Waals surface area contributed by atoms with E-state index in [-0.39, 0.29) is 22.8 Å². The van der Waals surface area contributed by atoms with Crippen LogP contribution in [0.25, 0.3) is 6.08 Å². The van der Waals surface area contributed by atoms with Gasteiger partial charge < -0.3 is 0 Å². The summed E-state index contributed by atoms with van der Waals surface area (Å²) in [5.74, 6) is -0.206. The van der Waals surface area contributed by atoms with E-state index in [0.29, 0.717) is 24.4 Å². The third-order valence-corrected chi connectivity index (χ3v) is 10.1. The fourth-order valence-electron chi connectivity index (χ4n) is 6.09. The number of carbonyl (C=O) groups excluding carboxylic acids is 1. The molecule has 0 radical (unpaired) electrons. The number of allylic oxidation sites excluding steroid dienone is 1. The van der Waals surface area contributed by atoms with Crippen LogP contribution in [0.2, 0.25) is 5.02 Å². The number of rotatable bonds is 5. The van der Waals surface area contributed by atoms with Crippen molar-refractivity contribution in [2.45, 2.75) is 49.1 Å². The van der Waals surface area contributed by atoms with Gasteiger partial charge in [0.1, 0.15) is 6.04 Å². The maximum Gasteiger partial charge on any atom is 0.261 e. The zero-order valence-corrected chi connectivity index (χ0v) is 23.1. The molecule has 3 aromatic rings. The van der Waals surface area contributed by atoms with E-state index in [1.807, 2.05) is 48.5 Å². The van der Waals surface area contributed by atoms with Crippen molar-refractivity contribution in [3.05, 3.63) is 107 Å². The van der Waals surface area contributed by atoms with Gasteiger partial charge in [-0.15, -0.1) is 0 Å². The van der Waals surface area contributed by atoms with Crippen molar-refractivity contribution in [1.82, 2.24) is 9.31 Å². The van der Waals surface area contributed by atoms with Crippen LogP contribution in [0.3, 0.4) is 0 Å². The molecule has 6 rings (SSSR count). The molecule has 0 aromatic heterocycles. The molecular formula is C31H30ClN3O3S. The van der Waals surface area contributed by atoms with Gasteiger partial charge in [0, 0.05) is 17.5 Å². The first-order valence-corrected chi connectivity index (χ1v) is 15.3. The molecule has 1 saturated heterocycles. The van der Waals surface area contributed by atoms with Crippen LogP contribution < -0.4 is 0 Å². The van der Waals surface area contributed by atoms with E-state index in [4.69, 9.17) is 16.7 Å². The standard InChI is InChI=1S/C31H30ClN3O3S/c32-25-16-18-26(19-17-25)39(37,38)34-20-8-15-28(34)31(36)35-30(23-11-5-2-6-12-23)27-14-7-13-24(29(27)33-35)21-22-9-3-1-4-10-22/h1-6,9-12,16-19,21,27-28,30H,7-8,13-15,20H2. The van der Waals surface area contributed by atoms with Crippen LogP contribution in [0, 0.1) is 5.92 Å². The normalized spacial score (nSPS) is 24.5. The number of halogens is 1. The molecule has 1 aliphatic carbocycles. The SMILES string of the molecule is O=C(C1CCCN1S(=O)(=O)c1ccc(Cl)cc1)N1N=C2C(=Cc3ccccc3)CCCC2C1c1ccccc1. The van der Waals surface area contributed by atoms with Crippen LogP contribution in [0.1, 0.15) is 49.3 Å². The van der Waals surface area contributed by atoms with E-state index in [1.165, 1.54) is 16.4 Å². The molecule has 1 saturated carbocycles. The Morgan fingerprint density at radius 1 is 0.897 bits per heavy atom. The number of hydrogen-bond acceptors (Lipinski definition) is 4. The Kier molecular flexibility index (Phi) is 7.14. The third-order valence-electron chi connectivity index (χ3n) is 7.92. The summed E-state index contributed by atoms with van der Waals surface area (Å²) < 4.78 is 28.6. The van der Waals surface area contributed by atoms with E-state index in [1.54, 1.807) is 17.1 Å². The lowest BCUT2D eigenvalue weighted by molar-refractivity contribution is -0.137. The average molecular weight is 560 g/mol. The van der Waals surface area contributed by atoms with Gasteiger partial charge in [0.25, 0.3) is 5.91 Å². The summed E-state index contributed by atoms with van der Waals surface area (Å²) in [6, 6.07) is 25.2. The molecule has 2 aliphatic heterocycles. The second kappa shape index (κ2) is 10.7. The molecule has 8 heteroatoms.